The van der Waals surface area contributed by atoms with E-state index >= 15 is 0 Å². The van der Waals surface area contributed by atoms with Crippen LogP contribution in [0.1, 0.15) is 173 Å². The van der Waals surface area contributed by atoms with E-state index in [2.05, 4.69) is 46.2 Å². The minimum absolute atomic E-state index is 0.0552. The fraction of sp³-hybridized carbons (Fsp3) is 0.451. The van der Waals surface area contributed by atoms with Gasteiger partial charge in [-0.2, -0.15) is 0 Å². The van der Waals surface area contributed by atoms with E-state index < -0.39 is 77.1 Å². The number of carbonyl (C=O) groups excluding carboxylic acids is 1. The summed E-state index contributed by atoms with van der Waals surface area (Å²) in [6.07, 6.45) is 7.48. The van der Waals surface area contributed by atoms with Crippen molar-refractivity contribution in [3.63, 3.8) is 0 Å². The van der Waals surface area contributed by atoms with Gasteiger partial charge in [-0.1, -0.05) is 42.0 Å². The van der Waals surface area contributed by atoms with Gasteiger partial charge in [-0.15, -0.1) is 0 Å². The van der Waals surface area contributed by atoms with Crippen molar-refractivity contribution in [2.45, 2.75) is 205 Å². The molecule has 0 amide bonds. The number of hydrogen-bond acceptors (Lipinski definition) is 14. The van der Waals surface area contributed by atoms with Gasteiger partial charge in [0.25, 0.3) is 0 Å². The Morgan fingerprint density at radius 1 is 0.523 bits per heavy atom. The summed E-state index contributed by atoms with van der Waals surface area (Å²) in [5.41, 5.74) is 18.0. The van der Waals surface area contributed by atoms with E-state index in [1.54, 1.807) is 20.8 Å². The van der Waals surface area contributed by atoms with E-state index in [9.17, 15) is 49.9 Å². The number of sulfonamides is 3. The van der Waals surface area contributed by atoms with Gasteiger partial charge in [0.15, 0.2) is 18.0 Å². The number of aryl methyl sites for hydroxylation is 7. The Morgan fingerprint density at radius 2 is 0.953 bits per heavy atom. The number of carboxylic acids is 2. The van der Waals surface area contributed by atoms with Gasteiger partial charge in [0.05, 0.1) is 87.9 Å². The molecule has 5 aliphatic heterocycles. The molecular formula is C82H100N6O16S3. The van der Waals surface area contributed by atoms with Crippen LogP contribution in [0.3, 0.4) is 0 Å². The van der Waals surface area contributed by atoms with Crippen molar-refractivity contribution < 1.29 is 73.5 Å². The quantitative estimate of drug-likeness (QED) is 0.0834. The number of anilines is 3. The van der Waals surface area contributed by atoms with Gasteiger partial charge < -0.3 is 47.6 Å². The summed E-state index contributed by atoms with van der Waals surface area (Å²) in [6, 6.07) is 18.0. The number of nitrogens with zero attached hydrogens (tertiary/aromatic N) is 4. The SMILES string of the molecule is CC(=O)C(OC(C)(C)C)c1c(C)c2c3c(c(C)cn3CCN2S(C)(=O)=O)c1-c1ccc2c(c1C)CCCO2.Cc1c(C(OC(C)(C)C)C(=O)O)c(-c2ccc3c(c2)CCCO3)c2c(C)cn3c2c1NS(=O)(=O)CC3.Cc1ccc(-c2c(C(OC(C)(C)C)C(=O)O)c(C)c3c4c2c(C)cn4CCS(=O)(=O)N3)cc1. The summed E-state index contributed by atoms with van der Waals surface area (Å²) in [6.45, 7) is 36.7. The van der Waals surface area contributed by atoms with Gasteiger partial charge in [0.2, 0.25) is 30.1 Å². The molecule has 0 fully saturated rings. The van der Waals surface area contributed by atoms with Crippen LogP contribution in [0.15, 0.2) is 73.2 Å². The van der Waals surface area contributed by atoms with Gasteiger partial charge in [0.1, 0.15) is 17.6 Å². The molecule has 14 rings (SSSR count). The molecule has 9 aromatic rings. The fourth-order valence-corrected chi connectivity index (χ4v) is 19.3. The summed E-state index contributed by atoms with van der Waals surface area (Å²) in [5, 5.41) is 23.2. The summed E-state index contributed by atoms with van der Waals surface area (Å²) in [7, 11) is -10.7. The van der Waals surface area contributed by atoms with Crippen LogP contribution in [-0.4, -0.2) is 121 Å². The lowest BCUT2D eigenvalue weighted by Gasteiger charge is -2.35. The Hall–Kier alpha value is -8.72. The molecule has 0 saturated heterocycles. The molecule has 6 aromatic carbocycles. The summed E-state index contributed by atoms with van der Waals surface area (Å²) < 4.78 is 120. The number of Topliss-reactive ketones (excluding diaryl/α,β-unsaturated/α-hetero) is 1. The number of nitrogens with one attached hydrogen (secondary N) is 2. The fourth-order valence-electron chi connectivity index (χ4n) is 16.1. The highest BCUT2D eigenvalue weighted by molar-refractivity contribution is 7.93. The Morgan fingerprint density at radius 3 is 1.43 bits per heavy atom. The topological polar surface area (TPSA) is 282 Å². The Bertz CT molecular complexity index is 5510. The molecule has 0 aliphatic carbocycles. The zero-order valence-corrected chi connectivity index (χ0v) is 67.2. The van der Waals surface area contributed by atoms with Gasteiger partial charge >= 0.3 is 11.9 Å². The molecule has 4 N–H and O–H groups in total. The number of carbonyl (C=O) groups is 3. The number of aromatic nitrogens is 3. The highest BCUT2D eigenvalue weighted by atomic mass is 32.2. The highest BCUT2D eigenvalue weighted by Crippen LogP contribution is 2.53. The highest BCUT2D eigenvalue weighted by Gasteiger charge is 2.41. The number of benzene rings is 6. The van der Waals surface area contributed by atoms with Crippen LogP contribution in [0.5, 0.6) is 11.5 Å². The molecule has 5 aliphatic rings. The minimum atomic E-state index is -3.60. The smallest absolute Gasteiger partial charge is 0.337 e. The van der Waals surface area contributed by atoms with Gasteiger partial charge in [0, 0.05) is 71.1 Å². The monoisotopic (exact) mass is 1520 g/mol. The number of aliphatic carboxylic acids is 2. The number of carboxylic acid groups (broad SMARTS) is 2. The first-order valence-electron chi connectivity index (χ1n) is 36.4. The maximum absolute atomic E-state index is 13.3. The van der Waals surface area contributed by atoms with Crippen LogP contribution in [0.4, 0.5) is 17.1 Å². The average molecular weight is 1520 g/mol. The summed E-state index contributed by atoms with van der Waals surface area (Å²) in [4.78, 5) is 38.5. The predicted molar refractivity (Wildman–Crippen MR) is 421 cm³/mol. The number of fused-ring (bicyclic) bond motifs is 2. The van der Waals surface area contributed by atoms with E-state index in [1.165, 1.54) is 16.1 Å². The van der Waals surface area contributed by atoms with Gasteiger partial charge in [-0.25, -0.2) is 34.8 Å². The third kappa shape index (κ3) is 15.2. The van der Waals surface area contributed by atoms with Crippen LogP contribution in [0.2, 0.25) is 0 Å². The molecule has 0 bridgehead atoms. The molecule has 572 valence electrons. The van der Waals surface area contributed by atoms with Crippen molar-refractivity contribution in [3.8, 4) is 44.9 Å². The standard InChI is InChI=1S/C30H38N2O5S.C27H32N2O6S.C25H30N2O5S/c1-17-16-31-13-14-32(38(8,34)35)27-19(3)25(29(20(4)33)37-30(5,6)7)26(24(17)28(27)31)22-11-12-23-21(18(22)2)10-9-15-36-23;1-15-14-29-10-12-36(32,33)28-23-16(2)21(25(26(30)31)35-27(3,4)5)22(20(15)24(23)29)18-8-9-19-17(13-18)7-6-11-34-19;1-14-7-9-17(10-8-14)20-18-15(2)13-27-11-12-33(30,31)26-21(22(18)27)16(3)19(20)23(24(28)29)32-25(4,5)6/h11-12,16,29H,9-10,13-15H2,1-8H3;8-9,13-14,25,28H,6-7,10-12H2,1-5H3,(H,30,31);7-10,13,23,26H,11-12H2,1-6H3,(H,28,29). The first kappa shape index (κ1) is 77.9. The number of ketones is 1. The van der Waals surface area contributed by atoms with Crippen molar-refractivity contribution in [1.29, 1.82) is 0 Å². The van der Waals surface area contributed by atoms with Gasteiger partial charge in [-0.05, 0) is 252 Å². The van der Waals surface area contributed by atoms with Gasteiger partial charge in [-0.3, -0.25) is 18.5 Å². The Kier molecular flexibility index (Phi) is 20.7. The van der Waals surface area contributed by atoms with Crippen molar-refractivity contribution in [3.05, 3.63) is 146 Å². The Labute approximate surface area is 627 Å². The molecule has 0 radical (unpaired) electrons. The maximum atomic E-state index is 13.3. The molecule has 0 saturated carbocycles. The minimum Gasteiger partial charge on any atom is -0.493 e. The molecule has 0 spiro atoms. The zero-order chi connectivity index (χ0) is 78.0. The molecule has 3 atom stereocenters. The normalized spacial score (nSPS) is 16.8. The van der Waals surface area contributed by atoms with Crippen LogP contribution < -0.4 is 23.2 Å². The van der Waals surface area contributed by atoms with Crippen LogP contribution >= 0.6 is 0 Å². The second kappa shape index (κ2) is 28.4. The molecule has 3 unspecified atom stereocenters. The third-order valence-corrected chi connectivity index (χ3v) is 24.1. The molecule has 22 nitrogen and oxygen atoms in total. The lowest BCUT2D eigenvalue weighted by atomic mass is 9.82. The molecular weight excluding hydrogens is 1420 g/mol. The van der Waals surface area contributed by atoms with Crippen LogP contribution in [0.25, 0.3) is 66.1 Å². The number of rotatable bonds is 13. The third-order valence-electron chi connectivity index (χ3n) is 20.5. The van der Waals surface area contributed by atoms with Crippen LogP contribution in [0, 0.1) is 55.4 Å². The first-order valence-corrected chi connectivity index (χ1v) is 41.6. The average Bonchev–Trinajstić information content (AvgIpc) is 1.65. The van der Waals surface area contributed by atoms with Crippen molar-refractivity contribution >= 4 is 97.6 Å². The first-order chi connectivity index (χ1) is 49.9. The number of ether oxygens (including phenoxy) is 5. The lowest BCUT2D eigenvalue weighted by molar-refractivity contribution is -0.161. The molecule has 25 heteroatoms. The predicted octanol–water partition coefficient (Wildman–Crippen LogP) is 15.7. The number of hydrogen-bond donors (Lipinski definition) is 4. The van der Waals surface area contributed by atoms with E-state index in [1.807, 2.05) is 154 Å². The second-order valence-electron chi connectivity index (χ2n) is 32.1. The van der Waals surface area contributed by atoms with E-state index in [-0.39, 0.29) is 17.3 Å². The van der Waals surface area contributed by atoms with Crippen molar-refractivity contribution in [2.24, 2.45) is 0 Å². The van der Waals surface area contributed by atoms with Crippen molar-refractivity contribution in [1.82, 2.24) is 13.7 Å². The summed E-state index contributed by atoms with van der Waals surface area (Å²) >= 11 is 0. The lowest BCUT2D eigenvalue weighted by Crippen LogP contribution is -2.37. The molecule has 8 heterocycles. The Balaban J connectivity index is 0.000000151. The summed E-state index contributed by atoms with van der Waals surface area (Å²) in [5.74, 6) is -0.731. The molecule has 3 aromatic heterocycles. The van der Waals surface area contributed by atoms with Crippen molar-refractivity contribution in [2.75, 3.05) is 51.3 Å². The van der Waals surface area contributed by atoms with E-state index in [0.29, 0.717) is 78.7 Å². The zero-order valence-electron chi connectivity index (χ0n) is 64.8. The largest absolute Gasteiger partial charge is 0.493 e. The maximum Gasteiger partial charge on any atom is 0.337 e. The van der Waals surface area contributed by atoms with E-state index in [4.69, 9.17) is 23.7 Å². The second-order valence-corrected chi connectivity index (χ2v) is 37.7. The molecule has 107 heavy (non-hydrogen) atoms. The van der Waals surface area contributed by atoms with E-state index in [0.717, 1.165) is 148 Å². The van der Waals surface area contributed by atoms with Crippen LogP contribution in [-0.2, 0) is 91.1 Å².